The fourth-order valence-corrected chi connectivity index (χ4v) is 1.06. The summed E-state index contributed by atoms with van der Waals surface area (Å²) >= 11 is 0. The molecule has 0 atom stereocenters. The summed E-state index contributed by atoms with van der Waals surface area (Å²) in [7, 11) is 0. The molecule has 0 unspecified atom stereocenters. The van der Waals surface area contributed by atoms with Crippen LogP contribution in [0.25, 0.3) is 0 Å². The van der Waals surface area contributed by atoms with Crippen molar-refractivity contribution in [1.82, 2.24) is 4.90 Å². The van der Waals surface area contributed by atoms with Crippen LogP contribution in [0, 0.1) is 5.92 Å². The van der Waals surface area contributed by atoms with Gasteiger partial charge in [0.25, 0.3) is 0 Å². The molecule has 0 radical (unpaired) electrons. The maximum Gasteiger partial charge on any atom is 0.309 e. The van der Waals surface area contributed by atoms with Crippen molar-refractivity contribution in [2.75, 3.05) is 19.6 Å². The molecule has 1 saturated heterocycles. The molecule has 10 heavy (non-hydrogen) atoms. The Bertz CT molecular complexity index is 150. The third-order valence-electron chi connectivity index (χ3n) is 1.69. The Hall–Kier alpha value is -0.830. The van der Waals surface area contributed by atoms with Gasteiger partial charge in [-0.15, -0.1) is 6.58 Å². The molecule has 0 aromatic heterocycles. The molecule has 1 aliphatic rings. The molecule has 0 aromatic rings. The quantitative estimate of drug-likeness (QED) is 0.570. The molecular weight excluding hydrogens is 130 g/mol. The predicted molar refractivity (Wildman–Crippen MR) is 37.8 cm³/mol. The number of hydrogen-bond donors (Lipinski definition) is 1. The summed E-state index contributed by atoms with van der Waals surface area (Å²) in [5.74, 6) is -0.819. The van der Waals surface area contributed by atoms with Crippen molar-refractivity contribution < 1.29 is 9.90 Å². The highest BCUT2D eigenvalue weighted by atomic mass is 16.4. The summed E-state index contributed by atoms with van der Waals surface area (Å²) in [6.45, 7) is 5.74. The third-order valence-corrected chi connectivity index (χ3v) is 1.69. The molecule has 1 fully saturated rings. The molecule has 0 amide bonds. The molecule has 3 nitrogen and oxygen atoms in total. The summed E-state index contributed by atoms with van der Waals surface area (Å²) in [6, 6.07) is 0. The fourth-order valence-electron chi connectivity index (χ4n) is 1.06. The Morgan fingerprint density at radius 1 is 1.80 bits per heavy atom. The van der Waals surface area contributed by atoms with Crippen molar-refractivity contribution >= 4 is 5.97 Å². The molecular formula is C7H11NO2. The Morgan fingerprint density at radius 3 is 2.80 bits per heavy atom. The first kappa shape index (κ1) is 7.28. The number of carboxylic acid groups (broad SMARTS) is 1. The highest BCUT2D eigenvalue weighted by molar-refractivity contribution is 5.71. The summed E-state index contributed by atoms with van der Waals surface area (Å²) in [6.07, 6.45) is 1.79. The van der Waals surface area contributed by atoms with Gasteiger partial charge in [0.1, 0.15) is 0 Å². The second-order valence-electron chi connectivity index (χ2n) is 2.54. The predicted octanol–water partition coefficient (Wildman–Crippen LogP) is 0.189. The van der Waals surface area contributed by atoms with Gasteiger partial charge in [-0.3, -0.25) is 9.69 Å². The topological polar surface area (TPSA) is 40.5 Å². The summed E-state index contributed by atoms with van der Waals surface area (Å²) in [5, 5.41) is 8.47. The Morgan fingerprint density at radius 2 is 2.40 bits per heavy atom. The van der Waals surface area contributed by atoms with E-state index in [-0.39, 0.29) is 5.92 Å². The highest BCUT2D eigenvalue weighted by Crippen LogP contribution is 2.14. The molecule has 1 N–H and O–H groups in total. The first-order chi connectivity index (χ1) is 4.74. The van der Waals surface area contributed by atoms with Gasteiger partial charge in [0.15, 0.2) is 0 Å². The molecule has 56 valence electrons. The van der Waals surface area contributed by atoms with Crippen LogP contribution in [0.2, 0.25) is 0 Å². The van der Waals surface area contributed by atoms with Gasteiger partial charge >= 0.3 is 5.97 Å². The van der Waals surface area contributed by atoms with Gasteiger partial charge in [-0.05, 0) is 0 Å². The van der Waals surface area contributed by atoms with Gasteiger partial charge in [0.05, 0.1) is 5.92 Å². The number of likely N-dealkylation sites (tertiary alicyclic amines) is 1. The van der Waals surface area contributed by atoms with Crippen molar-refractivity contribution in [3.8, 4) is 0 Å². The van der Waals surface area contributed by atoms with E-state index < -0.39 is 5.97 Å². The maximum atomic E-state index is 10.3. The first-order valence-corrected chi connectivity index (χ1v) is 3.30. The van der Waals surface area contributed by atoms with Gasteiger partial charge in [-0.25, -0.2) is 0 Å². The van der Waals surface area contributed by atoms with Crippen LogP contribution in [-0.4, -0.2) is 35.6 Å². The van der Waals surface area contributed by atoms with E-state index in [4.69, 9.17) is 5.11 Å². The Balaban J connectivity index is 2.17. The molecule has 1 rings (SSSR count). The van der Waals surface area contributed by atoms with Crippen LogP contribution in [0.3, 0.4) is 0 Å². The maximum absolute atomic E-state index is 10.3. The minimum absolute atomic E-state index is 0.139. The molecule has 1 aliphatic heterocycles. The van der Waals surface area contributed by atoms with Gasteiger partial charge in [-0.1, -0.05) is 6.08 Å². The van der Waals surface area contributed by atoms with E-state index in [9.17, 15) is 4.79 Å². The first-order valence-electron chi connectivity index (χ1n) is 3.30. The highest BCUT2D eigenvalue weighted by Gasteiger charge is 2.31. The number of rotatable bonds is 3. The molecule has 0 spiro atoms. The van der Waals surface area contributed by atoms with E-state index in [1.165, 1.54) is 0 Å². The van der Waals surface area contributed by atoms with Crippen LogP contribution < -0.4 is 0 Å². The van der Waals surface area contributed by atoms with Crippen molar-refractivity contribution in [2.45, 2.75) is 0 Å². The van der Waals surface area contributed by atoms with Gasteiger partial charge < -0.3 is 5.11 Å². The summed E-state index contributed by atoms with van der Waals surface area (Å²) in [4.78, 5) is 12.3. The molecule has 0 saturated carbocycles. The zero-order chi connectivity index (χ0) is 7.56. The van der Waals surface area contributed by atoms with Crippen molar-refractivity contribution in [2.24, 2.45) is 5.92 Å². The van der Waals surface area contributed by atoms with Crippen LogP contribution in [0.5, 0.6) is 0 Å². The zero-order valence-electron chi connectivity index (χ0n) is 5.79. The number of carbonyl (C=O) groups is 1. The van der Waals surface area contributed by atoms with Crippen LogP contribution in [0.15, 0.2) is 12.7 Å². The summed E-state index contributed by atoms with van der Waals surface area (Å²) in [5.41, 5.74) is 0. The smallest absolute Gasteiger partial charge is 0.309 e. The Labute approximate surface area is 59.9 Å². The molecule has 0 aromatic carbocycles. The van der Waals surface area contributed by atoms with Crippen LogP contribution in [0.1, 0.15) is 0 Å². The van der Waals surface area contributed by atoms with Gasteiger partial charge in [-0.2, -0.15) is 0 Å². The van der Waals surface area contributed by atoms with E-state index >= 15 is 0 Å². The van der Waals surface area contributed by atoms with E-state index in [0.29, 0.717) is 13.1 Å². The van der Waals surface area contributed by atoms with E-state index in [2.05, 4.69) is 6.58 Å². The van der Waals surface area contributed by atoms with Gasteiger partial charge in [0, 0.05) is 19.6 Å². The SMILES string of the molecule is C=CCN1CC(C(=O)O)C1. The van der Waals surface area contributed by atoms with E-state index in [1.807, 2.05) is 4.90 Å². The lowest BCUT2D eigenvalue weighted by molar-refractivity contribution is -0.147. The monoisotopic (exact) mass is 141 g/mol. The molecule has 0 aliphatic carbocycles. The van der Waals surface area contributed by atoms with E-state index in [1.54, 1.807) is 6.08 Å². The average molecular weight is 141 g/mol. The number of nitrogens with zero attached hydrogens (tertiary/aromatic N) is 1. The summed E-state index contributed by atoms with van der Waals surface area (Å²) < 4.78 is 0. The van der Waals surface area contributed by atoms with Crippen LogP contribution >= 0.6 is 0 Å². The van der Waals surface area contributed by atoms with Crippen molar-refractivity contribution in [1.29, 1.82) is 0 Å². The van der Waals surface area contributed by atoms with Gasteiger partial charge in [0.2, 0.25) is 0 Å². The lowest BCUT2D eigenvalue weighted by Gasteiger charge is -2.35. The largest absolute Gasteiger partial charge is 0.481 e. The molecule has 3 heteroatoms. The van der Waals surface area contributed by atoms with Crippen molar-refractivity contribution in [3.63, 3.8) is 0 Å². The van der Waals surface area contributed by atoms with Crippen LogP contribution in [-0.2, 0) is 4.79 Å². The number of aliphatic carboxylic acids is 1. The average Bonchev–Trinajstić information content (AvgIpc) is 1.76. The standard InChI is InChI=1S/C7H11NO2/c1-2-3-8-4-6(5-8)7(9)10/h2,6H,1,3-5H2,(H,9,10). The minimum atomic E-state index is -0.680. The molecule has 0 bridgehead atoms. The minimum Gasteiger partial charge on any atom is -0.481 e. The lowest BCUT2D eigenvalue weighted by atomic mass is 10.0. The number of hydrogen-bond acceptors (Lipinski definition) is 2. The number of carboxylic acids is 1. The van der Waals surface area contributed by atoms with E-state index in [0.717, 1.165) is 6.54 Å². The second kappa shape index (κ2) is 2.84. The zero-order valence-corrected chi connectivity index (χ0v) is 5.79. The molecule has 1 heterocycles. The van der Waals surface area contributed by atoms with Crippen LogP contribution in [0.4, 0.5) is 0 Å². The normalized spacial score (nSPS) is 20.0. The lowest BCUT2D eigenvalue weighted by Crippen LogP contribution is -2.50. The third kappa shape index (κ3) is 1.36. The Kier molecular flexibility index (Phi) is 2.06. The van der Waals surface area contributed by atoms with Crippen molar-refractivity contribution in [3.05, 3.63) is 12.7 Å². The second-order valence-corrected chi connectivity index (χ2v) is 2.54. The fraction of sp³-hybridized carbons (Fsp3) is 0.571.